The minimum absolute atomic E-state index is 0.235. The molecule has 0 amide bonds. The number of benzene rings is 1. The zero-order valence-electron chi connectivity index (χ0n) is 12.9. The fourth-order valence-corrected chi connectivity index (χ4v) is 2.39. The summed E-state index contributed by atoms with van der Waals surface area (Å²) in [6.45, 7) is 8.15. The summed E-state index contributed by atoms with van der Waals surface area (Å²) in [5, 5.41) is 0. The van der Waals surface area contributed by atoms with E-state index in [0.29, 0.717) is 5.92 Å². The predicted molar refractivity (Wildman–Crippen MR) is 84.4 cm³/mol. The van der Waals surface area contributed by atoms with Crippen LogP contribution in [0.2, 0.25) is 0 Å². The van der Waals surface area contributed by atoms with Gasteiger partial charge in [0.05, 0.1) is 19.8 Å². The summed E-state index contributed by atoms with van der Waals surface area (Å²) in [5.41, 5.74) is 1.06. The summed E-state index contributed by atoms with van der Waals surface area (Å²) < 4.78 is 17.3. The molecule has 1 heterocycles. The lowest BCUT2D eigenvalue weighted by molar-refractivity contribution is -0.206. The first-order chi connectivity index (χ1) is 10.3. The Labute approximate surface area is 127 Å². The molecule has 0 radical (unpaired) electrons. The molecule has 0 N–H and O–H groups in total. The Morgan fingerprint density at radius 2 is 1.95 bits per heavy atom. The Kier molecular flexibility index (Phi) is 6.77. The van der Waals surface area contributed by atoms with E-state index in [4.69, 9.17) is 14.2 Å². The second-order valence-electron chi connectivity index (χ2n) is 5.50. The fraction of sp³-hybridized carbons (Fsp3) is 0.556. The van der Waals surface area contributed by atoms with Crippen molar-refractivity contribution in [3.05, 3.63) is 42.5 Å². The van der Waals surface area contributed by atoms with Gasteiger partial charge in [0.2, 0.25) is 0 Å². The predicted octanol–water partition coefficient (Wildman–Crippen LogP) is 4.49. The molecule has 1 aliphatic heterocycles. The molecular formula is C18H26O3. The normalized spacial score (nSPS) is 22.0. The van der Waals surface area contributed by atoms with Crippen molar-refractivity contribution in [3.8, 4) is 5.75 Å². The van der Waals surface area contributed by atoms with E-state index in [-0.39, 0.29) is 6.29 Å². The molecule has 1 fully saturated rings. The Hall–Kier alpha value is -1.32. The molecular weight excluding hydrogens is 264 g/mol. The smallest absolute Gasteiger partial charge is 0.183 e. The van der Waals surface area contributed by atoms with Crippen LogP contribution in [0.15, 0.2) is 36.9 Å². The first-order valence-electron chi connectivity index (χ1n) is 7.90. The summed E-state index contributed by atoms with van der Waals surface area (Å²) in [6, 6.07) is 8.00. The van der Waals surface area contributed by atoms with Gasteiger partial charge in [-0.3, -0.25) is 0 Å². The van der Waals surface area contributed by atoms with Crippen molar-refractivity contribution in [3.63, 3.8) is 0 Å². The summed E-state index contributed by atoms with van der Waals surface area (Å²) >= 11 is 0. The molecule has 1 saturated heterocycles. The summed E-state index contributed by atoms with van der Waals surface area (Å²) in [5.74, 6) is 1.41. The second-order valence-corrected chi connectivity index (χ2v) is 5.50. The van der Waals surface area contributed by atoms with Gasteiger partial charge in [0, 0.05) is 11.5 Å². The first kappa shape index (κ1) is 16.1. The van der Waals surface area contributed by atoms with Crippen molar-refractivity contribution in [2.45, 2.75) is 38.9 Å². The number of hydrogen-bond acceptors (Lipinski definition) is 3. The van der Waals surface area contributed by atoms with Gasteiger partial charge in [0.15, 0.2) is 6.29 Å². The quantitative estimate of drug-likeness (QED) is 0.521. The Balaban J connectivity index is 1.77. The van der Waals surface area contributed by atoms with Crippen LogP contribution in [0.4, 0.5) is 0 Å². The Morgan fingerprint density at radius 1 is 1.24 bits per heavy atom. The molecule has 116 valence electrons. The second kappa shape index (κ2) is 8.85. The molecule has 3 heteroatoms. The minimum atomic E-state index is -0.235. The topological polar surface area (TPSA) is 27.7 Å². The van der Waals surface area contributed by atoms with E-state index in [1.807, 2.05) is 30.3 Å². The van der Waals surface area contributed by atoms with Gasteiger partial charge in [-0.15, -0.1) is 6.58 Å². The van der Waals surface area contributed by atoms with Crippen LogP contribution in [-0.4, -0.2) is 19.8 Å². The van der Waals surface area contributed by atoms with E-state index in [2.05, 4.69) is 13.5 Å². The SMILES string of the molecule is C=CCCCC1COC(c2ccc(OCCC)cc2)OC1. The van der Waals surface area contributed by atoms with Crippen LogP contribution >= 0.6 is 0 Å². The lowest BCUT2D eigenvalue weighted by Crippen LogP contribution is -2.27. The van der Waals surface area contributed by atoms with Crippen molar-refractivity contribution < 1.29 is 14.2 Å². The lowest BCUT2D eigenvalue weighted by Gasteiger charge is -2.29. The maximum absolute atomic E-state index is 5.84. The van der Waals surface area contributed by atoms with Crippen LogP contribution in [0, 0.1) is 5.92 Å². The number of ether oxygens (including phenoxy) is 3. The summed E-state index contributed by atoms with van der Waals surface area (Å²) in [6.07, 6.45) is 6.12. The molecule has 2 rings (SSSR count). The third-order valence-corrected chi connectivity index (χ3v) is 3.61. The van der Waals surface area contributed by atoms with E-state index in [9.17, 15) is 0 Å². The maximum atomic E-state index is 5.84. The van der Waals surface area contributed by atoms with Crippen LogP contribution in [-0.2, 0) is 9.47 Å². The van der Waals surface area contributed by atoms with Gasteiger partial charge in [0.25, 0.3) is 0 Å². The lowest BCUT2D eigenvalue weighted by atomic mass is 10.0. The molecule has 0 bridgehead atoms. The minimum Gasteiger partial charge on any atom is -0.494 e. The molecule has 0 aliphatic carbocycles. The van der Waals surface area contributed by atoms with Crippen LogP contribution in [0.3, 0.4) is 0 Å². The molecule has 21 heavy (non-hydrogen) atoms. The zero-order valence-corrected chi connectivity index (χ0v) is 12.9. The molecule has 3 nitrogen and oxygen atoms in total. The largest absolute Gasteiger partial charge is 0.494 e. The van der Waals surface area contributed by atoms with Gasteiger partial charge in [-0.05, 0) is 37.8 Å². The van der Waals surface area contributed by atoms with Crippen molar-refractivity contribution >= 4 is 0 Å². The fourth-order valence-electron chi connectivity index (χ4n) is 2.39. The van der Waals surface area contributed by atoms with Crippen LogP contribution < -0.4 is 4.74 Å². The molecule has 0 spiro atoms. The zero-order chi connectivity index (χ0) is 14.9. The van der Waals surface area contributed by atoms with E-state index >= 15 is 0 Å². The van der Waals surface area contributed by atoms with Crippen LogP contribution in [0.1, 0.15) is 44.5 Å². The van der Waals surface area contributed by atoms with Crippen molar-refractivity contribution in [2.24, 2.45) is 5.92 Å². The summed E-state index contributed by atoms with van der Waals surface area (Å²) in [4.78, 5) is 0. The first-order valence-corrected chi connectivity index (χ1v) is 7.90. The van der Waals surface area contributed by atoms with Crippen molar-refractivity contribution in [1.82, 2.24) is 0 Å². The average molecular weight is 290 g/mol. The van der Waals surface area contributed by atoms with Gasteiger partial charge >= 0.3 is 0 Å². The Morgan fingerprint density at radius 3 is 2.57 bits per heavy atom. The third-order valence-electron chi connectivity index (χ3n) is 3.61. The van der Waals surface area contributed by atoms with Crippen molar-refractivity contribution in [1.29, 1.82) is 0 Å². The van der Waals surface area contributed by atoms with Gasteiger partial charge in [-0.1, -0.05) is 25.1 Å². The Bertz CT molecular complexity index is 405. The molecule has 0 unspecified atom stereocenters. The highest BCUT2D eigenvalue weighted by molar-refractivity contribution is 5.28. The van der Waals surface area contributed by atoms with Gasteiger partial charge in [0.1, 0.15) is 5.75 Å². The van der Waals surface area contributed by atoms with E-state index in [1.54, 1.807) is 0 Å². The van der Waals surface area contributed by atoms with E-state index in [0.717, 1.165) is 56.8 Å². The molecule has 0 atom stereocenters. The molecule has 1 aromatic rings. The van der Waals surface area contributed by atoms with E-state index < -0.39 is 0 Å². The maximum Gasteiger partial charge on any atom is 0.183 e. The van der Waals surface area contributed by atoms with Crippen LogP contribution in [0.25, 0.3) is 0 Å². The highest BCUT2D eigenvalue weighted by atomic mass is 16.7. The van der Waals surface area contributed by atoms with Gasteiger partial charge < -0.3 is 14.2 Å². The number of allylic oxidation sites excluding steroid dienone is 1. The highest BCUT2D eigenvalue weighted by Gasteiger charge is 2.23. The summed E-state index contributed by atoms with van der Waals surface area (Å²) in [7, 11) is 0. The van der Waals surface area contributed by atoms with E-state index in [1.165, 1.54) is 0 Å². The van der Waals surface area contributed by atoms with Gasteiger partial charge in [-0.2, -0.15) is 0 Å². The average Bonchev–Trinajstić information content (AvgIpc) is 2.54. The molecule has 0 aromatic heterocycles. The molecule has 1 aliphatic rings. The van der Waals surface area contributed by atoms with Crippen molar-refractivity contribution in [2.75, 3.05) is 19.8 Å². The molecule has 0 saturated carbocycles. The monoisotopic (exact) mass is 290 g/mol. The number of unbranched alkanes of at least 4 members (excludes halogenated alkanes) is 1. The highest BCUT2D eigenvalue weighted by Crippen LogP contribution is 2.28. The number of hydrogen-bond donors (Lipinski definition) is 0. The number of rotatable bonds is 8. The van der Waals surface area contributed by atoms with Crippen LogP contribution in [0.5, 0.6) is 5.75 Å². The standard InChI is InChI=1S/C18H26O3/c1-3-5-6-7-15-13-20-18(21-14-15)16-8-10-17(11-9-16)19-12-4-2/h3,8-11,15,18H,1,4-7,12-14H2,2H3. The molecule has 1 aromatic carbocycles. The third kappa shape index (κ3) is 5.18. The van der Waals surface area contributed by atoms with Gasteiger partial charge in [-0.25, -0.2) is 0 Å².